The Morgan fingerprint density at radius 2 is 1.54 bits per heavy atom. The van der Waals surface area contributed by atoms with Crippen molar-refractivity contribution in [3.63, 3.8) is 0 Å². The van der Waals surface area contributed by atoms with Crippen LogP contribution < -0.4 is 4.74 Å². The predicted octanol–water partition coefficient (Wildman–Crippen LogP) is 2.77. The van der Waals surface area contributed by atoms with Gasteiger partial charge < -0.3 is 9.64 Å². The number of piperazine rings is 1. The largest absolute Gasteiger partial charge is 0.496 e. The summed E-state index contributed by atoms with van der Waals surface area (Å²) in [7, 11) is -1.98. The lowest BCUT2D eigenvalue weighted by molar-refractivity contribution is 0.0697. The summed E-state index contributed by atoms with van der Waals surface area (Å²) in [5.74, 6) is 0.559. The smallest absolute Gasteiger partial charge is 0.254 e. The van der Waals surface area contributed by atoms with E-state index in [2.05, 4.69) is 0 Å². The third kappa shape index (κ3) is 3.91. The van der Waals surface area contributed by atoms with E-state index in [1.807, 2.05) is 32.9 Å². The lowest BCUT2D eigenvalue weighted by Gasteiger charge is -2.34. The van der Waals surface area contributed by atoms with Crippen LogP contribution in [-0.4, -0.2) is 56.8 Å². The number of carbonyl (C=O) groups excluding carboxylic acids is 1. The SMILES string of the molecule is COc1cc(C(=O)N2CCN(S(=O)(=O)c3ccc(C)c(C)c3)CC2)ccc1C. The van der Waals surface area contributed by atoms with Crippen molar-refractivity contribution in [2.45, 2.75) is 25.7 Å². The molecule has 3 rings (SSSR count). The zero-order chi connectivity index (χ0) is 20.5. The maximum absolute atomic E-state index is 12.9. The molecule has 0 aliphatic carbocycles. The molecule has 0 unspecified atom stereocenters. The Morgan fingerprint density at radius 3 is 2.14 bits per heavy atom. The highest BCUT2D eigenvalue weighted by molar-refractivity contribution is 7.89. The van der Waals surface area contributed by atoms with Gasteiger partial charge in [0.05, 0.1) is 12.0 Å². The highest BCUT2D eigenvalue weighted by atomic mass is 32.2. The molecule has 150 valence electrons. The van der Waals surface area contributed by atoms with Gasteiger partial charge in [0.25, 0.3) is 5.91 Å². The lowest BCUT2D eigenvalue weighted by atomic mass is 10.1. The Morgan fingerprint density at radius 1 is 0.893 bits per heavy atom. The van der Waals surface area contributed by atoms with Gasteiger partial charge in [0.1, 0.15) is 5.75 Å². The van der Waals surface area contributed by atoms with Crippen molar-refractivity contribution in [3.8, 4) is 5.75 Å². The number of carbonyl (C=O) groups is 1. The van der Waals surface area contributed by atoms with Crippen molar-refractivity contribution in [1.29, 1.82) is 0 Å². The first-order valence-corrected chi connectivity index (χ1v) is 10.7. The number of amides is 1. The quantitative estimate of drug-likeness (QED) is 0.789. The van der Waals surface area contributed by atoms with Crippen LogP contribution in [0.15, 0.2) is 41.3 Å². The molecule has 28 heavy (non-hydrogen) atoms. The monoisotopic (exact) mass is 402 g/mol. The Labute approximate surface area is 166 Å². The molecule has 0 spiro atoms. The first-order valence-electron chi connectivity index (χ1n) is 9.25. The standard InChI is InChI=1S/C21H26N2O4S/c1-15-6-8-19(13-17(15)3)28(25,26)23-11-9-22(10-12-23)21(24)18-7-5-16(2)20(14-18)27-4/h5-8,13-14H,9-12H2,1-4H3. The van der Waals surface area contributed by atoms with Crippen molar-refractivity contribution in [2.24, 2.45) is 0 Å². The number of sulfonamides is 1. The van der Waals surface area contributed by atoms with Crippen molar-refractivity contribution in [3.05, 3.63) is 58.7 Å². The van der Waals surface area contributed by atoms with Crippen LogP contribution >= 0.6 is 0 Å². The van der Waals surface area contributed by atoms with Crippen LogP contribution in [0.4, 0.5) is 0 Å². The van der Waals surface area contributed by atoms with Crippen LogP contribution in [0.25, 0.3) is 0 Å². The molecule has 0 radical (unpaired) electrons. The number of benzene rings is 2. The fraction of sp³-hybridized carbons (Fsp3) is 0.381. The minimum absolute atomic E-state index is 0.110. The van der Waals surface area contributed by atoms with Crippen molar-refractivity contribution < 1.29 is 17.9 Å². The molecule has 1 aliphatic rings. The van der Waals surface area contributed by atoms with Crippen molar-refractivity contribution in [1.82, 2.24) is 9.21 Å². The van der Waals surface area contributed by atoms with E-state index < -0.39 is 10.0 Å². The Kier molecular flexibility index (Phi) is 5.76. The molecule has 1 saturated heterocycles. The molecule has 0 atom stereocenters. The summed E-state index contributed by atoms with van der Waals surface area (Å²) in [5.41, 5.74) is 3.52. The molecular formula is C21H26N2O4S. The van der Waals surface area contributed by atoms with Gasteiger partial charge in [-0.25, -0.2) is 8.42 Å². The number of nitrogens with zero attached hydrogens (tertiary/aromatic N) is 2. The molecule has 1 aliphatic heterocycles. The number of hydrogen-bond acceptors (Lipinski definition) is 4. The van der Waals surface area contributed by atoms with Crippen LogP contribution in [0.3, 0.4) is 0 Å². The van der Waals surface area contributed by atoms with Crippen molar-refractivity contribution >= 4 is 15.9 Å². The maximum atomic E-state index is 12.9. The zero-order valence-electron chi connectivity index (χ0n) is 16.7. The summed E-state index contributed by atoms with van der Waals surface area (Å²) >= 11 is 0. The lowest BCUT2D eigenvalue weighted by Crippen LogP contribution is -2.50. The summed E-state index contributed by atoms with van der Waals surface area (Å²) in [4.78, 5) is 14.8. The molecular weight excluding hydrogens is 376 g/mol. The molecule has 0 saturated carbocycles. The first-order chi connectivity index (χ1) is 13.2. The van der Waals surface area contributed by atoms with E-state index in [1.54, 1.807) is 36.3 Å². The van der Waals surface area contributed by atoms with E-state index in [4.69, 9.17) is 4.74 Å². The van der Waals surface area contributed by atoms with Crippen LogP contribution in [0.5, 0.6) is 5.75 Å². The van der Waals surface area contributed by atoms with E-state index in [0.717, 1.165) is 16.7 Å². The normalized spacial score (nSPS) is 15.5. The number of methoxy groups -OCH3 is 1. The third-order valence-electron chi connectivity index (χ3n) is 5.30. The summed E-state index contributed by atoms with van der Waals surface area (Å²) in [6.45, 7) is 7.06. The van der Waals surface area contributed by atoms with Gasteiger partial charge in [-0.3, -0.25) is 4.79 Å². The van der Waals surface area contributed by atoms with Crippen LogP contribution in [0, 0.1) is 20.8 Å². The average molecular weight is 403 g/mol. The molecule has 1 fully saturated rings. The minimum atomic E-state index is -3.56. The summed E-state index contributed by atoms with van der Waals surface area (Å²) < 4.78 is 32.6. The molecule has 1 heterocycles. The minimum Gasteiger partial charge on any atom is -0.496 e. The third-order valence-corrected chi connectivity index (χ3v) is 7.19. The van der Waals surface area contributed by atoms with Crippen molar-refractivity contribution in [2.75, 3.05) is 33.3 Å². The maximum Gasteiger partial charge on any atom is 0.254 e. The molecule has 0 N–H and O–H groups in total. The topological polar surface area (TPSA) is 66.9 Å². The highest BCUT2D eigenvalue weighted by Gasteiger charge is 2.30. The molecule has 0 bridgehead atoms. The molecule has 0 aromatic heterocycles. The number of aryl methyl sites for hydroxylation is 3. The predicted molar refractivity (Wildman–Crippen MR) is 108 cm³/mol. The molecule has 6 nitrogen and oxygen atoms in total. The number of hydrogen-bond donors (Lipinski definition) is 0. The number of rotatable bonds is 4. The van der Waals surface area contributed by atoms with E-state index in [0.29, 0.717) is 29.3 Å². The fourth-order valence-corrected chi connectivity index (χ4v) is 4.80. The van der Waals surface area contributed by atoms with E-state index in [-0.39, 0.29) is 19.0 Å². The molecule has 7 heteroatoms. The molecule has 2 aromatic carbocycles. The molecule has 2 aromatic rings. The van der Waals surface area contributed by atoms with Crippen LogP contribution in [0.1, 0.15) is 27.0 Å². The van der Waals surface area contributed by atoms with Crippen LogP contribution in [0.2, 0.25) is 0 Å². The second-order valence-electron chi connectivity index (χ2n) is 7.13. The van der Waals surface area contributed by atoms with Gasteiger partial charge in [-0.15, -0.1) is 0 Å². The first kappa shape index (κ1) is 20.4. The Hall–Kier alpha value is -2.38. The molecule has 1 amide bonds. The van der Waals surface area contributed by atoms with Gasteiger partial charge in [0.15, 0.2) is 0 Å². The van der Waals surface area contributed by atoms with Gasteiger partial charge in [0, 0.05) is 31.7 Å². The van der Waals surface area contributed by atoms with Crippen LogP contribution in [-0.2, 0) is 10.0 Å². The Balaban J connectivity index is 1.71. The summed E-state index contributed by atoms with van der Waals surface area (Å²) in [6.07, 6.45) is 0. The summed E-state index contributed by atoms with van der Waals surface area (Å²) in [6, 6.07) is 10.5. The van der Waals surface area contributed by atoms with E-state index >= 15 is 0 Å². The number of ether oxygens (including phenoxy) is 1. The van der Waals surface area contributed by atoms with E-state index in [9.17, 15) is 13.2 Å². The summed E-state index contributed by atoms with van der Waals surface area (Å²) in [5, 5.41) is 0. The van der Waals surface area contributed by atoms with Gasteiger partial charge in [-0.05, 0) is 61.7 Å². The highest BCUT2D eigenvalue weighted by Crippen LogP contribution is 2.23. The van der Waals surface area contributed by atoms with Gasteiger partial charge in [0.2, 0.25) is 10.0 Å². The average Bonchev–Trinajstić information content (AvgIpc) is 2.70. The second-order valence-corrected chi connectivity index (χ2v) is 9.06. The van der Waals surface area contributed by atoms with Gasteiger partial charge in [-0.1, -0.05) is 12.1 Å². The van der Waals surface area contributed by atoms with Gasteiger partial charge >= 0.3 is 0 Å². The van der Waals surface area contributed by atoms with Gasteiger partial charge in [-0.2, -0.15) is 4.31 Å². The Bertz CT molecular complexity index is 993. The zero-order valence-corrected chi connectivity index (χ0v) is 17.5. The van der Waals surface area contributed by atoms with E-state index in [1.165, 1.54) is 4.31 Å². The fourth-order valence-electron chi connectivity index (χ4n) is 3.29. The second kappa shape index (κ2) is 7.93.